The molecule has 0 saturated carbocycles. The molecular formula is C17H15Cl2N3. The number of H-pyrrole nitrogens is 1. The molecule has 0 radical (unpaired) electrons. The zero-order valence-electron chi connectivity index (χ0n) is 12.1. The third-order valence-electron chi connectivity index (χ3n) is 4.36. The summed E-state index contributed by atoms with van der Waals surface area (Å²) >= 11 is 12.7. The molecule has 3 aromatic rings. The minimum absolute atomic E-state index is 0.262. The lowest BCUT2D eigenvalue weighted by Gasteiger charge is -2.33. The maximum Gasteiger partial charge on any atom is 0.0653 e. The number of fused-ring (bicyclic) bond motifs is 2. The molecule has 0 fully saturated rings. The molecule has 2 heterocycles. The van der Waals surface area contributed by atoms with E-state index in [-0.39, 0.29) is 5.92 Å². The Bertz CT molecular complexity index is 856. The Labute approximate surface area is 138 Å². The van der Waals surface area contributed by atoms with Gasteiger partial charge in [0.1, 0.15) is 0 Å². The molecule has 4 rings (SSSR count). The summed E-state index contributed by atoms with van der Waals surface area (Å²) < 4.78 is 0. The van der Waals surface area contributed by atoms with Crippen LogP contribution in [0.1, 0.15) is 22.6 Å². The molecule has 1 aromatic heterocycles. The SMILES string of the molecule is CN1Cc2c(Cl)cc(Cl)cc2[C@H](c2ccc3cn[nH]c3c2)C1. The van der Waals surface area contributed by atoms with E-state index < -0.39 is 0 Å². The number of aromatic nitrogens is 2. The lowest BCUT2D eigenvalue weighted by molar-refractivity contribution is 0.295. The van der Waals surface area contributed by atoms with E-state index in [1.165, 1.54) is 16.7 Å². The second-order valence-corrected chi connectivity index (χ2v) is 6.77. The largest absolute Gasteiger partial charge is 0.301 e. The number of aromatic amines is 1. The Morgan fingerprint density at radius 3 is 2.95 bits per heavy atom. The van der Waals surface area contributed by atoms with Crippen LogP contribution in [0.3, 0.4) is 0 Å². The minimum Gasteiger partial charge on any atom is -0.301 e. The average molecular weight is 332 g/mol. The summed E-state index contributed by atoms with van der Waals surface area (Å²) in [5.74, 6) is 0.262. The molecule has 0 unspecified atom stereocenters. The van der Waals surface area contributed by atoms with Gasteiger partial charge in [0.2, 0.25) is 0 Å². The number of benzene rings is 2. The van der Waals surface area contributed by atoms with Crippen LogP contribution >= 0.6 is 23.2 Å². The first-order valence-electron chi connectivity index (χ1n) is 7.21. The molecule has 1 N–H and O–H groups in total. The zero-order valence-corrected chi connectivity index (χ0v) is 13.6. The van der Waals surface area contributed by atoms with Gasteiger partial charge < -0.3 is 4.90 Å². The molecule has 5 heteroatoms. The monoisotopic (exact) mass is 331 g/mol. The summed E-state index contributed by atoms with van der Waals surface area (Å²) in [7, 11) is 2.12. The first-order chi connectivity index (χ1) is 10.6. The second kappa shape index (κ2) is 5.27. The number of nitrogens with zero attached hydrogens (tertiary/aromatic N) is 2. The van der Waals surface area contributed by atoms with Crippen LogP contribution in [0, 0.1) is 0 Å². The van der Waals surface area contributed by atoms with Crippen molar-refractivity contribution in [2.24, 2.45) is 0 Å². The number of likely N-dealkylation sites (N-methyl/N-ethyl adjacent to an activating group) is 1. The van der Waals surface area contributed by atoms with Crippen molar-refractivity contribution in [3.05, 3.63) is 63.3 Å². The summed E-state index contributed by atoms with van der Waals surface area (Å²) in [6, 6.07) is 10.3. The fourth-order valence-electron chi connectivity index (χ4n) is 3.30. The first-order valence-corrected chi connectivity index (χ1v) is 7.97. The van der Waals surface area contributed by atoms with Gasteiger partial charge in [-0.3, -0.25) is 5.10 Å². The molecule has 1 aliphatic rings. The molecule has 0 aliphatic carbocycles. The number of nitrogens with one attached hydrogen (secondary N) is 1. The predicted octanol–water partition coefficient (Wildman–Crippen LogP) is 4.45. The highest BCUT2D eigenvalue weighted by Gasteiger charge is 2.27. The smallest absolute Gasteiger partial charge is 0.0653 e. The van der Waals surface area contributed by atoms with Crippen molar-refractivity contribution in [1.29, 1.82) is 0 Å². The van der Waals surface area contributed by atoms with Crippen LogP contribution in [-0.2, 0) is 6.54 Å². The standard InChI is InChI=1S/C17H15Cl2N3/c1-22-8-14(10-2-3-11-7-20-21-17(11)4-10)13-5-12(18)6-16(19)15(13)9-22/h2-7,14H,8-9H2,1H3,(H,20,21)/t14-/m0/s1. The summed E-state index contributed by atoms with van der Waals surface area (Å²) in [5, 5.41) is 9.71. The van der Waals surface area contributed by atoms with E-state index in [4.69, 9.17) is 23.2 Å². The van der Waals surface area contributed by atoms with Gasteiger partial charge >= 0.3 is 0 Å². The predicted molar refractivity (Wildman–Crippen MR) is 90.7 cm³/mol. The van der Waals surface area contributed by atoms with Crippen molar-refractivity contribution in [3.63, 3.8) is 0 Å². The maximum absolute atomic E-state index is 6.42. The molecule has 1 aliphatic heterocycles. The molecule has 2 aromatic carbocycles. The topological polar surface area (TPSA) is 31.9 Å². The van der Waals surface area contributed by atoms with E-state index in [0.29, 0.717) is 5.02 Å². The zero-order chi connectivity index (χ0) is 15.3. The Morgan fingerprint density at radius 1 is 1.23 bits per heavy atom. The van der Waals surface area contributed by atoms with Crippen LogP contribution in [0.5, 0.6) is 0 Å². The third kappa shape index (κ3) is 2.30. The van der Waals surface area contributed by atoms with Gasteiger partial charge in [-0.25, -0.2) is 0 Å². The van der Waals surface area contributed by atoms with Gasteiger partial charge in [0.25, 0.3) is 0 Å². The van der Waals surface area contributed by atoms with Crippen molar-refractivity contribution < 1.29 is 0 Å². The quantitative estimate of drug-likeness (QED) is 0.714. The van der Waals surface area contributed by atoms with Crippen LogP contribution in [0.25, 0.3) is 10.9 Å². The van der Waals surface area contributed by atoms with Crippen molar-refractivity contribution in [3.8, 4) is 0 Å². The highest BCUT2D eigenvalue weighted by atomic mass is 35.5. The fraction of sp³-hybridized carbons (Fsp3) is 0.235. The second-order valence-electron chi connectivity index (χ2n) is 5.92. The molecule has 0 amide bonds. The van der Waals surface area contributed by atoms with Gasteiger partial charge in [-0.05, 0) is 41.9 Å². The number of hydrogen-bond acceptors (Lipinski definition) is 2. The summed E-state index contributed by atoms with van der Waals surface area (Å²) in [4.78, 5) is 2.30. The molecule has 1 atom stereocenters. The number of hydrogen-bond donors (Lipinski definition) is 1. The lowest BCUT2D eigenvalue weighted by atomic mass is 9.84. The molecule has 22 heavy (non-hydrogen) atoms. The maximum atomic E-state index is 6.42. The van der Waals surface area contributed by atoms with Gasteiger partial charge in [-0.2, -0.15) is 5.10 Å². The Balaban J connectivity index is 1.88. The van der Waals surface area contributed by atoms with Crippen LogP contribution in [0.2, 0.25) is 10.0 Å². The molecule has 112 valence electrons. The fourth-order valence-corrected chi connectivity index (χ4v) is 3.87. The van der Waals surface area contributed by atoms with Crippen LogP contribution < -0.4 is 0 Å². The van der Waals surface area contributed by atoms with Gasteiger partial charge in [0, 0.05) is 34.4 Å². The molecular weight excluding hydrogens is 317 g/mol. The van der Waals surface area contributed by atoms with Gasteiger partial charge in [-0.15, -0.1) is 0 Å². The number of rotatable bonds is 1. The highest BCUT2D eigenvalue weighted by Crippen LogP contribution is 2.38. The lowest BCUT2D eigenvalue weighted by Crippen LogP contribution is -2.31. The first kappa shape index (κ1) is 14.1. The van der Waals surface area contributed by atoms with E-state index in [1.54, 1.807) is 0 Å². The normalized spacial score (nSPS) is 18.6. The molecule has 0 saturated heterocycles. The Morgan fingerprint density at radius 2 is 2.09 bits per heavy atom. The number of halogens is 2. The van der Waals surface area contributed by atoms with Crippen molar-refractivity contribution in [2.75, 3.05) is 13.6 Å². The van der Waals surface area contributed by atoms with E-state index in [1.807, 2.05) is 12.3 Å². The summed E-state index contributed by atoms with van der Waals surface area (Å²) in [6.07, 6.45) is 1.84. The Kier molecular flexibility index (Phi) is 3.37. The molecule has 0 spiro atoms. The minimum atomic E-state index is 0.262. The van der Waals surface area contributed by atoms with Crippen molar-refractivity contribution in [2.45, 2.75) is 12.5 Å². The van der Waals surface area contributed by atoms with Crippen molar-refractivity contribution >= 4 is 34.1 Å². The van der Waals surface area contributed by atoms with E-state index >= 15 is 0 Å². The summed E-state index contributed by atoms with van der Waals surface area (Å²) in [5.41, 5.74) is 4.72. The van der Waals surface area contributed by atoms with Gasteiger partial charge in [-0.1, -0.05) is 35.3 Å². The highest BCUT2D eigenvalue weighted by molar-refractivity contribution is 6.35. The van der Waals surface area contributed by atoms with Gasteiger partial charge in [0.05, 0.1) is 11.7 Å². The van der Waals surface area contributed by atoms with E-state index in [0.717, 1.165) is 29.0 Å². The summed E-state index contributed by atoms with van der Waals surface area (Å²) in [6.45, 7) is 1.80. The van der Waals surface area contributed by atoms with Crippen LogP contribution in [-0.4, -0.2) is 28.7 Å². The van der Waals surface area contributed by atoms with Crippen LogP contribution in [0.4, 0.5) is 0 Å². The van der Waals surface area contributed by atoms with Gasteiger partial charge in [0.15, 0.2) is 0 Å². The molecule has 3 nitrogen and oxygen atoms in total. The third-order valence-corrected chi connectivity index (χ3v) is 4.92. The Hall–Kier alpha value is -1.55. The van der Waals surface area contributed by atoms with Crippen LogP contribution in [0.15, 0.2) is 36.5 Å². The van der Waals surface area contributed by atoms with E-state index in [2.05, 4.69) is 46.4 Å². The van der Waals surface area contributed by atoms with E-state index in [9.17, 15) is 0 Å². The molecule has 0 bridgehead atoms. The average Bonchev–Trinajstić information content (AvgIpc) is 2.95. The van der Waals surface area contributed by atoms with Crippen molar-refractivity contribution in [1.82, 2.24) is 15.1 Å².